The van der Waals surface area contributed by atoms with Crippen molar-refractivity contribution in [2.24, 2.45) is 5.41 Å². The molecule has 0 saturated heterocycles. The Labute approximate surface area is 103 Å². The van der Waals surface area contributed by atoms with Crippen LogP contribution in [-0.4, -0.2) is 12.3 Å². The van der Waals surface area contributed by atoms with Crippen molar-refractivity contribution in [3.05, 3.63) is 35.9 Å². The van der Waals surface area contributed by atoms with Gasteiger partial charge in [-0.2, -0.15) is 0 Å². The van der Waals surface area contributed by atoms with Crippen LogP contribution in [0.5, 0.6) is 0 Å². The zero-order chi connectivity index (χ0) is 12.9. The van der Waals surface area contributed by atoms with Gasteiger partial charge in [-0.05, 0) is 33.3 Å². The Bertz CT molecular complexity index is 351. The van der Waals surface area contributed by atoms with E-state index in [9.17, 15) is 4.79 Å². The lowest BCUT2D eigenvalue weighted by atomic mass is 9.97. The smallest absolute Gasteiger partial charge is 0.313 e. The van der Waals surface area contributed by atoms with Crippen LogP contribution >= 0.6 is 0 Å². The van der Waals surface area contributed by atoms with Crippen molar-refractivity contribution in [3.63, 3.8) is 0 Å². The molecule has 0 fully saturated rings. The first-order valence-corrected chi connectivity index (χ1v) is 5.76. The third-order valence-corrected chi connectivity index (χ3v) is 2.21. The summed E-state index contributed by atoms with van der Waals surface area (Å²) in [5.41, 5.74) is 0.566. The molecule has 0 unspecified atom stereocenters. The molecule has 0 bridgehead atoms. The Balaban J connectivity index is 2.36. The van der Waals surface area contributed by atoms with Crippen molar-refractivity contribution in [1.82, 2.24) is 0 Å². The van der Waals surface area contributed by atoms with Gasteiger partial charge in [-0.3, -0.25) is 4.79 Å². The van der Waals surface area contributed by atoms with Gasteiger partial charge in [0.05, 0.1) is 12.0 Å². The minimum Gasteiger partial charge on any atom is -0.436 e. The Morgan fingerprint density at radius 2 is 1.82 bits per heavy atom. The van der Waals surface area contributed by atoms with Gasteiger partial charge in [-0.1, -0.05) is 30.3 Å². The molecule has 3 heteroatoms. The summed E-state index contributed by atoms with van der Waals surface area (Å²) in [6.07, 6.45) is -0.526. The average Bonchev–Trinajstić information content (AvgIpc) is 2.26. The summed E-state index contributed by atoms with van der Waals surface area (Å²) in [7, 11) is 0. The van der Waals surface area contributed by atoms with Gasteiger partial charge >= 0.3 is 5.97 Å². The van der Waals surface area contributed by atoms with Crippen LogP contribution in [0.2, 0.25) is 0 Å². The van der Waals surface area contributed by atoms with Crippen LogP contribution in [0.1, 0.15) is 33.3 Å². The molecule has 0 saturated carbocycles. The maximum Gasteiger partial charge on any atom is 0.313 e. The van der Waals surface area contributed by atoms with Crippen LogP contribution in [0.3, 0.4) is 0 Å². The van der Waals surface area contributed by atoms with E-state index in [0.29, 0.717) is 6.61 Å². The molecule has 1 aromatic rings. The van der Waals surface area contributed by atoms with Crippen molar-refractivity contribution in [1.29, 1.82) is 0 Å². The Morgan fingerprint density at radius 1 is 1.24 bits per heavy atom. The normalized spacial score (nSPS) is 13.2. The van der Waals surface area contributed by atoms with E-state index < -0.39 is 11.7 Å². The van der Waals surface area contributed by atoms with Crippen molar-refractivity contribution >= 4 is 5.97 Å². The molecule has 1 atom stereocenters. The highest BCUT2D eigenvalue weighted by Crippen LogP contribution is 2.17. The fraction of sp³-hybridized carbons (Fsp3) is 0.500. The number of hydrogen-bond donors (Lipinski definition) is 0. The molecule has 94 valence electrons. The third kappa shape index (κ3) is 5.00. The SMILES string of the molecule is C[C@H](OCc1ccccc1)OC(=O)C(C)(C)C. The first-order chi connectivity index (χ1) is 7.89. The maximum atomic E-state index is 11.6. The minimum atomic E-state index is -0.526. The predicted molar refractivity (Wildman–Crippen MR) is 66.2 cm³/mol. The van der Waals surface area contributed by atoms with E-state index in [2.05, 4.69) is 0 Å². The fourth-order valence-corrected chi connectivity index (χ4v) is 1.15. The molecular formula is C14H20O3. The molecule has 3 nitrogen and oxygen atoms in total. The number of rotatable bonds is 4. The molecule has 0 spiro atoms. The molecule has 1 rings (SSSR count). The summed E-state index contributed by atoms with van der Waals surface area (Å²) in [5.74, 6) is -0.252. The second kappa shape index (κ2) is 5.82. The molecule has 0 aliphatic rings. The zero-order valence-corrected chi connectivity index (χ0v) is 10.9. The molecule has 0 radical (unpaired) electrons. The Kier molecular flexibility index (Phi) is 4.70. The second-order valence-electron chi connectivity index (χ2n) is 5.02. The van der Waals surface area contributed by atoms with Gasteiger partial charge in [0.25, 0.3) is 0 Å². The number of esters is 1. The van der Waals surface area contributed by atoms with Crippen LogP contribution in [-0.2, 0) is 20.9 Å². The molecule has 0 aliphatic heterocycles. The molecule has 0 heterocycles. The Hall–Kier alpha value is -1.35. The van der Waals surface area contributed by atoms with E-state index in [0.717, 1.165) is 5.56 Å². The average molecular weight is 236 g/mol. The monoisotopic (exact) mass is 236 g/mol. The van der Waals surface area contributed by atoms with Crippen molar-refractivity contribution < 1.29 is 14.3 Å². The van der Waals surface area contributed by atoms with E-state index in [1.165, 1.54) is 0 Å². The highest BCUT2D eigenvalue weighted by Gasteiger charge is 2.25. The summed E-state index contributed by atoms with van der Waals surface area (Å²) in [5, 5.41) is 0. The van der Waals surface area contributed by atoms with Crippen LogP contribution in [0.4, 0.5) is 0 Å². The van der Waals surface area contributed by atoms with Crippen LogP contribution in [0.25, 0.3) is 0 Å². The van der Waals surface area contributed by atoms with Gasteiger partial charge < -0.3 is 9.47 Å². The first kappa shape index (κ1) is 13.7. The highest BCUT2D eigenvalue weighted by atomic mass is 16.7. The van der Waals surface area contributed by atoms with Crippen molar-refractivity contribution in [2.45, 2.75) is 40.6 Å². The highest BCUT2D eigenvalue weighted by molar-refractivity contribution is 5.75. The third-order valence-electron chi connectivity index (χ3n) is 2.21. The number of benzene rings is 1. The van der Waals surface area contributed by atoms with Gasteiger partial charge in [-0.15, -0.1) is 0 Å². The summed E-state index contributed by atoms with van der Waals surface area (Å²) < 4.78 is 10.6. The van der Waals surface area contributed by atoms with Gasteiger partial charge in [0, 0.05) is 0 Å². The van der Waals surface area contributed by atoms with E-state index >= 15 is 0 Å². The number of carbonyl (C=O) groups is 1. The topological polar surface area (TPSA) is 35.5 Å². The predicted octanol–water partition coefficient (Wildman–Crippen LogP) is 3.14. The van der Waals surface area contributed by atoms with E-state index in [1.54, 1.807) is 6.92 Å². The first-order valence-electron chi connectivity index (χ1n) is 5.76. The summed E-state index contributed by atoms with van der Waals surface area (Å²) >= 11 is 0. The van der Waals surface area contributed by atoms with Crippen molar-refractivity contribution in [3.8, 4) is 0 Å². The van der Waals surface area contributed by atoms with Gasteiger partial charge in [-0.25, -0.2) is 0 Å². The standard InChI is InChI=1S/C14H20O3/c1-11(17-13(15)14(2,3)4)16-10-12-8-6-5-7-9-12/h5-9,11H,10H2,1-4H3/t11-/m1/s1. The molecule has 1 aromatic carbocycles. The maximum absolute atomic E-state index is 11.6. The Morgan fingerprint density at radius 3 is 2.35 bits per heavy atom. The van der Waals surface area contributed by atoms with Gasteiger partial charge in [0.2, 0.25) is 6.29 Å². The largest absolute Gasteiger partial charge is 0.436 e. The fourth-order valence-electron chi connectivity index (χ4n) is 1.15. The molecule has 0 amide bonds. The van der Waals surface area contributed by atoms with Gasteiger partial charge in [0.15, 0.2) is 0 Å². The lowest BCUT2D eigenvalue weighted by Gasteiger charge is -2.20. The van der Waals surface area contributed by atoms with Gasteiger partial charge in [0.1, 0.15) is 0 Å². The number of hydrogen-bond acceptors (Lipinski definition) is 3. The number of ether oxygens (including phenoxy) is 2. The van der Waals surface area contributed by atoms with Crippen LogP contribution in [0.15, 0.2) is 30.3 Å². The summed E-state index contributed by atoms with van der Waals surface area (Å²) in [6, 6.07) is 9.79. The zero-order valence-electron chi connectivity index (χ0n) is 10.9. The van der Waals surface area contributed by atoms with Crippen LogP contribution in [0, 0.1) is 5.41 Å². The van der Waals surface area contributed by atoms with E-state index in [-0.39, 0.29) is 5.97 Å². The lowest BCUT2D eigenvalue weighted by molar-refractivity contribution is -0.186. The van der Waals surface area contributed by atoms with E-state index in [4.69, 9.17) is 9.47 Å². The van der Waals surface area contributed by atoms with Crippen LogP contribution < -0.4 is 0 Å². The van der Waals surface area contributed by atoms with E-state index in [1.807, 2.05) is 51.1 Å². The minimum absolute atomic E-state index is 0.252. The summed E-state index contributed by atoms with van der Waals surface area (Å²) in [6.45, 7) is 7.63. The molecule has 0 N–H and O–H groups in total. The second-order valence-corrected chi connectivity index (χ2v) is 5.02. The molecule has 0 aromatic heterocycles. The molecule has 17 heavy (non-hydrogen) atoms. The molecular weight excluding hydrogens is 216 g/mol. The summed E-state index contributed by atoms with van der Waals surface area (Å²) in [4.78, 5) is 11.6. The lowest BCUT2D eigenvalue weighted by Crippen LogP contribution is -2.28. The van der Waals surface area contributed by atoms with Crippen molar-refractivity contribution in [2.75, 3.05) is 0 Å². The number of carbonyl (C=O) groups excluding carboxylic acids is 1. The molecule has 0 aliphatic carbocycles. The quantitative estimate of drug-likeness (QED) is 0.595.